The summed E-state index contributed by atoms with van der Waals surface area (Å²) >= 11 is 0. The summed E-state index contributed by atoms with van der Waals surface area (Å²) in [6.07, 6.45) is 1.53. The number of carbonyl (C=O) groups excluding carboxylic acids is 1. The molecule has 0 aliphatic carbocycles. The second-order valence-electron chi connectivity index (χ2n) is 5.88. The summed E-state index contributed by atoms with van der Waals surface area (Å²) in [6.45, 7) is 4.57. The Hall–Kier alpha value is -1.84. The predicted octanol–water partition coefficient (Wildman–Crippen LogP) is 3.98. The lowest BCUT2D eigenvalue weighted by Gasteiger charge is -2.31. The van der Waals surface area contributed by atoms with Crippen molar-refractivity contribution in [2.24, 2.45) is 5.73 Å². The summed E-state index contributed by atoms with van der Waals surface area (Å²) in [7, 11) is 0. The first-order chi connectivity index (χ1) is 11.1. The van der Waals surface area contributed by atoms with Gasteiger partial charge in [-0.15, -0.1) is 12.4 Å². The van der Waals surface area contributed by atoms with Gasteiger partial charge in [0.1, 0.15) is 0 Å². The van der Waals surface area contributed by atoms with Crippen LogP contribution in [0.15, 0.2) is 60.7 Å². The van der Waals surface area contributed by atoms with E-state index in [4.69, 9.17) is 5.73 Å². The van der Waals surface area contributed by atoms with Gasteiger partial charge < -0.3 is 11.1 Å². The summed E-state index contributed by atoms with van der Waals surface area (Å²) in [5, 5.41) is 3.06. The summed E-state index contributed by atoms with van der Waals surface area (Å²) < 4.78 is 0. The molecule has 2 aromatic rings. The quantitative estimate of drug-likeness (QED) is 0.796. The fraction of sp³-hybridized carbons (Fsp3) is 0.350. The monoisotopic (exact) mass is 346 g/mol. The molecule has 0 bridgehead atoms. The van der Waals surface area contributed by atoms with Crippen LogP contribution in [0.2, 0.25) is 0 Å². The summed E-state index contributed by atoms with van der Waals surface area (Å²) in [6, 6.07) is 19.7. The molecule has 0 aliphatic heterocycles. The smallest absolute Gasteiger partial charge is 0.230 e. The SMILES string of the molecule is CCC(CC)(C(=O)NCC(N)c1ccccc1)c1ccccc1.Cl. The van der Waals surface area contributed by atoms with E-state index >= 15 is 0 Å². The van der Waals surface area contributed by atoms with Gasteiger partial charge in [0, 0.05) is 12.6 Å². The van der Waals surface area contributed by atoms with E-state index in [9.17, 15) is 4.79 Å². The Morgan fingerprint density at radius 2 is 1.50 bits per heavy atom. The van der Waals surface area contributed by atoms with Crippen molar-refractivity contribution in [3.8, 4) is 0 Å². The van der Waals surface area contributed by atoms with Crippen LogP contribution in [-0.4, -0.2) is 12.5 Å². The van der Waals surface area contributed by atoms with E-state index < -0.39 is 5.41 Å². The molecule has 0 saturated carbocycles. The maximum atomic E-state index is 12.9. The van der Waals surface area contributed by atoms with Gasteiger partial charge in [0.25, 0.3) is 0 Å². The zero-order chi connectivity index (χ0) is 16.7. The molecule has 24 heavy (non-hydrogen) atoms. The molecular weight excluding hydrogens is 320 g/mol. The topological polar surface area (TPSA) is 55.1 Å². The molecule has 0 heterocycles. The molecule has 130 valence electrons. The third kappa shape index (κ3) is 4.37. The maximum Gasteiger partial charge on any atom is 0.230 e. The molecule has 0 saturated heterocycles. The summed E-state index contributed by atoms with van der Waals surface area (Å²) in [4.78, 5) is 12.9. The molecule has 2 aromatic carbocycles. The molecular formula is C20H27ClN2O. The Bertz CT molecular complexity index is 612. The molecule has 0 aromatic heterocycles. The minimum Gasteiger partial charge on any atom is -0.353 e. The molecule has 3 nitrogen and oxygen atoms in total. The fourth-order valence-corrected chi connectivity index (χ4v) is 3.06. The highest BCUT2D eigenvalue weighted by Crippen LogP contribution is 2.32. The van der Waals surface area contributed by atoms with Gasteiger partial charge in [-0.05, 0) is 24.0 Å². The van der Waals surface area contributed by atoms with Crippen LogP contribution in [0, 0.1) is 0 Å². The van der Waals surface area contributed by atoms with Gasteiger partial charge in [-0.2, -0.15) is 0 Å². The molecule has 2 rings (SSSR count). The molecule has 0 aliphatic rings. The maximum absolute atomic E-state index is 12.9. The highest BCUT2D eigenvalue weighted by atomic mass is 35.5. The van der Waals surface area contributed by atoms with Gasteiger partial charge >= 0.3 is 0 Å². The lowest BCUT2D eigenvalue weighted by molar-refractivity contribution is -0.127. The van der Waals surface area contributed by atoms with Gasteiger partial charge in [0.05, 0.1) is 5.41 Å². The number of carbonyl (C=O) groups is 1. The lowest BCUT2D eigenvalue weighted by atomic mass is 9.75. The van der Waals surface area contributed by atoms with Crippen molar-refractivity contribution in [3.05, 3.63) is 71.8 Å². The van der Waals surface area contributed by atoms with Crippen LogP contribution in [0.5, 0.6) is 0 Å². The third-order valence-corrected chi connectivity index (χ3v) is 4.68. The Morgan fingerprint density at radius 3 is 2.00 bits per heavy atom. The number of benzene rings is 2. The highest BCUT2D eigenvalue weighted by molar-refractivity contribution is 5.88. The second-order valence-corrected chi connectivity index (χ2v) is 5.88. The number of nitrogens with two attached hydrogens (primary N) is 1. The summed E-state index contributed by atoms with van der Waals surface area (Å²) in [5.74, 6) is 0.0556. The lowest BCUT2D eigenvalue weighted by Crippen LogP contribution is -2.45. The molecule has 1 amide bonds. The van der Waals surface area contributed by atoms with Crippen LogP contribution < -0.4 is 11.1 Å². The molecule has 3 N–H and O–H groups in total. The van der Waals surface area contributed by atoms with E-state index in [0.29, 0.717) is 6.54 Å². The average molecular weight is 347 g/mol. The fourth-order valence-electron chi connectivity index (χ4n) is 3.06. The minimum absolute atomic E-state index is 0. The molecule has 4 heteroatoms. The Kier molecular flexibility index (Phi) is 7.96. The minimum atomic E-state index is -0.488. The second kappa shape index (κ2) is 9.45. The summed E-state index contributed by atoms with van der Waals surface area (Å²) in [5.41, 5.74) is 7.80. The van der Waals surface area contributed by atoms with E-state index in [0.717, 1.165) is 24.0 Å². The van der Waals surface area contributed by atoms with Crippen molar-refractivity contribution >= 4 is 18.3 Å². The van der Waals surface area contributed by atoms with E-state index in [2.05, 4.69) is 19.2 Å². The van der Waals surface area contributed by atoms with Crippen molar-refractivity contribution in [1.29, 1.82) is 0 Å². The van der Waals surface area contributed by atoms with Crippen LogP contribution in [0.1, 0.15) is 43.9 Å². The van der Waals surface area contributed by atoms with Crippen molar-refractivity contribution in [3.63, 3.8) is 0 Å². The van der Waals surface area contributed by atoms with E-state index in [1.54, 1.807) is 0 Å². The van der Waals surface area contributed by atoms with Crippen LogP contribution in [0.3, 0.4) is 0 Å². The van der Waals surface area contributed by atoms with Crippen LogP contribution in [0.25, 0.3) is 0 Å². The number of halogens is 1. The highest BCUT2D eigenvalue weighted by Gasteiger charge is 2.36. The first-order valence-corrected chi connectivity index (χ1v) is 8.28. The first kappa shape index (κ1) is 20.2. The zero-order valence-corrected chi connectivity index (χ0v) is 15.2. The Morgan fingerprint density at radius 1 is 1.00 bits per heavy atom. The Labute approximate surface area is 151 Å². The molecule has 1 atom stereocenters. The number of nitrogens with one attached hydrogen (secondary N) is 1. The molecule has 1 unspecified atom stereocenters. The first-order valence-electron chi connectivity index (χ1n) is 8.28. The van der Waals surface area contributed by atoms with Gasteiger partial charge in [-0.25, -0.2) is 0 Å². The van der Waals surface area contributed by atoms with Crippen LogP contribution in [0.4, 0.5) is 0 Å². The van der Waals surface area contributed by atoms with Crippen molar-refractivity contribution in [1.82, 2.24) is 5.32 Å². The normalized spacial score (nSPS) is 12.1. The van der Waals surface area contributed by atoms with Gasteiger partial charge in [-0.1, -0.05) is 74.5 Å². The number of rotatable bonds is 7. The van der Waals surface area contributed by atoms with Gasteiger partial charge in [0.2, 0.25) is 5.91 Å². The van der Waals surface area contributed by atoms with E-state index in [-0.39, 0.29) is 24.4 Å². The third-order valence-electron chi connectivity index (χ3n) is 4.68. The van der Waals surface area contributed by atoms with Crippen LogP contribution in [-0.2, 0) is 10.2 Å². The number of hydrogen-bond acceptors (Lipinski definition) is 2. The van der Waals surface area contributed by atoms with Crippen molar-refractivity contribution in [2.45, 2.75) is 38.1 Å². The van der Waals surface area contributed by atoms with Crippen molar-refractivity contribution in [2.75, 3.05) is 6.54 Å². The zero-order valence-electron chi connectivity index (χ0n) is 14.4. The number of hydrogen-bond donors (Lipinski definition) is 2. The molecule has 0 radical (unpaired) electrons. The molecule has 0 fully saturated rings. The number of amides is 1. The van der Waals surface area contributed by atoms with Gasteiger partial charge in [-0.3, -0.25) is 4.79 Å². The largest absolute Gasteiger partial charge is 0.353 e. The predicted molar refractivity (Wildman–Crippen MR) is 102 cm³/mol. The van der Waals surface area contributed by atoms with Gasteiger partial charge in [0.15, 0.2) is 0 Å². The molecule has 0 spiro atoms. The van der Waals surface area contributed by atoms with E-state index in [1.807, 2.05) is 60.7 Å². The van der Waals surface area contributed by atoms with Crippen LogP contribution >= 0.6 is 12.4 Å². The van der Waals surface area contributed by atoms with E-state index in [1.165, 1.54) is 0 Å². The average Bonchev–Trinajstić information content (AvgIpc) is 2.63. The van der Waals surface area contributed by atoms with Crippen molar-refractivity contribution < 1.29 is 4.79 Å². The standard InChI is InChI=1S/C20H26N2O.ClH/c1-3-20(4-2,17-13-9-6-10-14-17)19(23)22-15-18(21)16-11-7-5-8-12-16;/h5-14,18H,3-4,15,21H2,1-2H3,(H,22,23);1H. The Balaban J connectivity index is 0.00000288.